The fraction of sp³-hybridized carbons (Fsp3) is 0.360. The van der Waals surface area contributed by atoms with E-state index in [-0.39, 0.29) is 16.6 Å². The summed E-state index contributed by atoms with van der Waals surface area (Å²) in [5, 5.41) is 10.5. The van der Waals surface area contributed by atoms with E-state index in [1.807, 2.05) is 28.4 Å². The van der Waals surface area contributed by atoms with Crippen LogP contribution in [0.5, 0.6) is 0 Å². The van der Waals surface area contributed by atoms with Crippen molar-refractivity contribution in [1.29, 1.82) is 0 Å². The molecule has 1 aromatic carbocycles. The van der Waals surface area contributed by atoms with E-state index in [1.165, 1.54) is 0 Å². The van der Waals surface area contributed by atoms with E-state index in [1.54, 1.807) is 0 Å². The van der Waals surface area contributed by atoms with E-state index >= 15 is 0 Å². The predicted octanol–water partition coefficient (Wildman–Crippen LogP) is 3.35. The normalized spacial score (nSPS) is 23.6. The minimum absolute atomic E-state index is 0.0505. The second-order valence-electron chi connectivity index (χ2n) is 8.83. The quantitative estimate of drug-likeness (QED) is 0.157. The van der Waals surface area contributed by atoms with Crippen LogP contribution in [0, 0.1) is 0 Å². The summed E-state index contributed by atoms with van der Waals surface area (Å²) >= 11 is -1.88. The molecule has 12 heteroatoms. The van der Waals surface area contributed by atoms with Crippen LogP contribution >= 0.6 is 27.6 Å². The first-order chi connectivity index (χ1) is 17.8. The van der Waals surface area contributed by atoms with Crippen molar-refractivity contribution in [2.24, 2.45) is 5.73 Å². The van der Waals surface area contributed by atoms with Gasteiger partial charge in [-0.1, -0.05) is 0 Å². The third kappa shape index (κ3) is 8.62. The molecule has 200 valence electrons. The predicted molar refractivity (Wildman–Crippen MR) is 150 cm³/mol. The molecule has 0 saturated carbocycles. The van der Waals surface area contributed by atoms with Crippen LogP contribution in [0.1, 0.15) is 41.8 Å². The number of phosphoric ester groups is 1. The average molecular weight is 642 g/mol. The van der Waals surface area contributed by atoms with Crippen molar-refractivity contribution in [3.8, 4) is 0 Å². The molecule has 1 aromatic heterocycles. The number of nitrogens with zero attached hydrogens (tertiary/aromatic N) is 1. The molecule has 2 aromatic rings. The van der Waals surface area contributed by atoms with Crippen molar-refractivity contribution in [2.75, 3.05) is 15.6 Å². The summed E-state index contributed by atoms with van der Waals surface area (Å²) in [6, 6.07) is 9.94. The fourth-order valence-corrected chi connectivity index (χ4v) is 8.99. The van der Waals surface area contributed by atoms with Crippen LogP contribution in [-0.4, -0.2) is 42.5 Å². The Balaban J connectivity index is 1.34. The van der Waals surface area contributed by atoms with Gasteiger partial charge in [0.2, 0.25) is 5.91 Å². The maximum atomic E-state index is 12.1. The standard InChI is InChI=1S/C25H32IN4O6P/c27-22-10-12-26(17-35-37(32,33)34)11-3-4-21(22)24-15-20(30-36-24)14-18-6-8-19(9-7-18)16-29-23-5-1-2-13-28-25(23)31/h3-4,6-11,15,23,29H,1-2,5,12-14,16-17,27H2,(H,28,31)(H2,32,33,34)/b11-3-,21-4+,22-10-. The Morgan fingerprint density at radius 1 is 1.24 bits per heavy atom. The maximum absolute atomic E-state index is 12.1. The second kappa shape index (κ2) is 13.0. The summed E-state index contributed by atoms with van der Waals surface area (Å²) in [5.41, 5.74) is 10.5. The molecule has 0 radical (unpaired) electrons. The van der Waals surface area contributed by atoms with Crippen LogP contribution in [-0.2, 0) is 26.8 Å². The summed E-state index contributed by atoms with van der Waals surface area (Å²) in [6.07, 6.45) is 9.06. The van der Waals surface area contributed by atoms with Gasteiger partial charge in [0.1, 0.15) is 0 Å². The summed E-state index contributed by atoms with van der Waals surface area (Å²) in [6.45, 7) is 1.39. The third-order valence-corrected chi connectivity index (χ3v) is 11.1. The second-order valence-corrected chi connectivity index (χ2v) is 15.1. The van der Waals surface area contributed by atoms with Gasteiger partial charge in [0.15, 0.2) is 0 Å². The summed E-state index contributed by atoms with van der Waals surface area (Å²) < 4.78 is 23.9. The molecular formula is C25H32IN4O6P. The molecule has 0 bridgehead atoms. The van der Waals surface area contributed by atoms with Crippen molar-refractivity contribution in [3.05, 3.63) is 80.9 Å². The molecule has 1 atom stereocenters. The van der Waals surface area contributed by atoms with Crippen LogP contribution < -0.4 is 16.4 Å². The molecule has 2 aliphatic heterocycles. The SMILES string of the molecule is NC1=C\CI(COP(=O)(O)O)\C=C/C=C\1c1cc(Cc2ccc(CNC3CCCCNC3=O)cc2)no1. The molecule has 0 aliphatic carbocycles. The molecule has 1 saturated heterocycles. The van der Waals surface area contributed by atoms with Crippen LogP contribution in [0.4, 0.5) is 0 Å². The van der Waals surface area contributed by atoms with Crippen LogP contribution in [0.25, 0.3) is 5.57 Å². The molecule has 1 fully saturated rings. The van der Waals surface area contributed by atoms with Gasteiger partial charge in [0, 0.05) is 13.1 Å². The van der Waals surface area contributed by atoms with Gasteiger partial charge in [0.05, 0.1) is 6.04 Å². The van der Waals surface area contributed by atoms with Crippen molar-refractivity contribution in [1.82, 2.24) is 15.8 Å². The molecule has 1 amide bonds. The molecule has 4 rings (SSSR count). The van der Waals surface area contributed by atoms with E-state index in [0.29, 0.717) is 34.4 Å². The zero-order valence-corrected chi connectivity index (χ0v) is 23.4. The number of rotatable bonds is 9. The van der Waals surface area contributed by atoms with Crippen molar-refractivity contribution in [3.63, 3.8) is 0 Å². The van der Waals surface area contributed by atoms with E-state index < -0.39 is 27.6 Å². The van der Waals surface area contributed by atoms with Gasteiger partial charge in [-0.3, -0.25) is 4.79 Å². The Morgan fingerprint density at radius 3 is 2.81 bits per heavy atom. The number of phosphoric acid groups is 1. The number of amides is 1. The zero-order valence-electron chi connectivity index (χ0n) is 20.3. The Labute approximate surface area is 223 Å². The molecule has 1 unspecified atom stereocenters. The number of halogens is 1. The zero-order chi connectivity index (χ0) is 26.3. The van der Waals surface area contributed by atoms with Crippen LogP contribution in [0.2, 0.25) is 0 Å². The number of alkyl halides is 2. The van der Waals surface area contributed by atoms with Gasteiger partial charge in [-0.25, -0.2) is 0 Å². The van der Waals surface area contributed by atoms with E-state index in [4.69, 9.17) is 20.0 Å². The number of benzene rings is 1. The first kappa shape index (κ1) is 27.7. The Kier molecular flexibility index (Phi) is 9.74. The molecule has 0 spiro atoms. The molecule has 37 heavy (non-hydrogen) atoms. The summed E-state index contributed by atoms with van der Waals surface area (Å²) in [5.74, 6) is 0.641. The van der Waals surface area contributed by atoms with Gasteiger partial charge in [-0.15, -0.1) is 0 Å². The van der Waals surface area contributed by atoms with Crippen molar-refractivity contribution >= 4 is 39.1 Å². The number of hydrogen-bond acceptors (Lipinski definition) is 7. The van der Waals surface area contributed by atoms with E-state index in [2.05, 4.69) is 44.6 Å². The Morgan fingerprint density at radius 2 is 2.03 bits per heavy atom. The number of allylic oxidation sites excluding steroid dienone is 4. The van der Waals surface area contributed by atoms with Crippen LogP contribution in [0.15, 0.2) is 62.9 Å². The Hall–Kier alpha value is -2.28. The van der Waals surface area contributed by atoms with Gasteiger partial charge in [0.25, 0.3) is 0 Å². The molecule has 2 aliphatic rings. The molecule has 3 heterocycles. The number of hydrogen-bond donors (Lipinski definition) is 5. The van der Waals surface area contributed by atoms with E-state index in [9.17, 15) is 9.36 Å². The molecule has 10 nitrogen and oxygen atoms in total. The first-order valence-electron chi connectivity index (χ1n) is 12.0. The van der Waals surface area contributed by atoms with Gasteiger partial charge in [-0.2, -0.15) is 0 Å². The monoisotopic (exact) mass is 642 g/mol. The van der Waals surface area contributed by atoms with Crippen molar-refractivity contribution in [2.45, 2.75) is 38.3 Å². The van der Waals surface area contributed by atoms with Gasteiger partial charge < -0.3 is 10.6 Å². The van der Waals surface area contributed by atoms with E-state index in [0.717, 1.165) is 42.6 Å². The summed E-state index contributed by atoms with van der Waals surface area (Å²) in [4.78, 5) is 30.0. The number of carbonyl (C=O) groups excluding carboxylic acids is 1. The number of aromatic nitrogens is 1. The Bertz CT molecular complexity index is 1220. The topological polar surface area (TPSA) is 160 Å². The first-order valence-corrected chi connectivity index (χ1v) is 17.8. The number of nitrogens with two attached hydrogens (primary N) is 1. The van der Waals surface area contributed by atoms with Crippen molar-refractivity contribution < 1.29 is 28.2 Å². The third-order valence-electron chi connectivity index (χ3n) is 6.00. The molecule has 6 N–H and O–H groups in total. The van der Waals surface area contributed by atoms with Gasteiger partial charge in [-0.05, 0) is 19.3 Å². The number of carbonyl (C=O) groups is 1. The van der Waals surface area contributed by atoms with Gasteiger partial charge >= 0.3 is 164 Å². The average Bonchev–Trinajstić information content (AvgIpc) is 3.20. The number of nitrogens with one attached hydrogen (secondary N) is 2. The minimum atomic E-state index is -4.48. The fourth-order valence-electron chi connectivity index (χ4n) is 3.99. The van der Waals surface area contributed by atoms with Crippen LogP contribution in [0.3, 0.4) is 0 Å². The molecular weight excluding hydrogens is 610 g/mol. The summed E-state index contributed by atoms with van der Waals surface area (Å²) in [7, 11) is -4.48.